The van der Waals surface area contributed by atoms with Gasteiger partial charge in [0.05, 0.1) is 13.2 Å². The minimum Gasteiger partial charge on any atom is -0.368 e. The third kappa shape index (κ3) is 3.43. The first-order valence-corrected chi connectivity index (χ1v) is 5.71. The molecule has 1 saturated heterocycles. The van der Waals surface area contributed by atoms with E-state index in [4.69, 9.17) is 4.74 Å². The third-order valence-corrected chi connectivity index (χ3v) is 2.80. The van der Waals surface area contributed by atoms with Crippen LogP contribution in [0.3, 0.4) is 0 Å². The van der Waals surface area contributed by atoms with Crippen LogP contribution in [0.15, 0.2) is 36.4 Å². The number of amides is 1. The van der Waals surface area contributed by atoms with Crippen molar-refractivity contribution in [3.63, 3.8) is 0 Å². The molecule has 1 amide bonds. The van der Waals surface area contributed by atoms with Crippen molar-refractivity contribution in [2.75, 3.05) is 20.2 Å². The molecular weight excluding hydrogens is 214 g/mol. The fourth-order valence-corrected chi connectivity index (χ4v) is 1.65. The highest BCUT2D eigenvalue weighted by atomic mass is 16.6. The van der Waals surface area contributed by atoms with Gasteiger partial charge in [0.15, 0.2) is 0 Å². The van der Waals surface area contributed by atoms with Gasteiger partial charge >= 0.3 is 0 Å². The van der Waals surface area contributed by atoms with Gasteiger partial charge < -0.3 is 9.64 Å². The van der Waals surface area contributed by atoms with Crippen LogP contribution in [-0.4, -0.2) is 36.6 Å². The molecule has 1 fully saturated rings. The van der Waals surface area contributed by atoms with Gasteiger partial charge in [-0.25, -0.2) is 0 Å². The molecule has 1 aliphatic heterocycles. The zero-order valence-corrected chi connectivity index (χ0v) is 10.2. The lowest BCUT2D eigenvalue weighted by Gasteiger charge is -2.17. The summed E-state index contributed by atoms with van der Waals surface area (Å²) in [7, 11) is 1.80. The maximum atomic E-state index is 11.8. The first-order chi connectivity index (χ1) is 8.09. The highest BCUT2D eigenvalue weighted by molar-refractivity contribution is 5.91. The molecule has 1 aromatic rings. The summed E-state index contributed by atoms with van der Waals surface area (Å²) in [5.41, 5.74) is 0.911. The van der Waals surface area contributed by atoms with E-state index in [1.54, 1.807) is 18.0 Å². The normalized spacial score (nSPS) is 22.7. The maximum Gasteiger partial charge on any atom is 0.246 e. The third-order valence-electron chi connectivity index (χ3n) is 2.80. The van der Waals surface area contributed by atoms with E-state index in [9.17, 15) is 4.79 Å². The van der Waals surface area contributed by atoms with Crippen LogP contribution in [0, 0.1) is 0 Å². The Morgan fingerprint density at radius 2 is 2.12 bits per heavy atom. The standard InChI is InChI=1S/C14H17NO2/c1-14(11-17-14)10-15(2)13(16)9-8-12-6-4-3-5-7-12/h3-9H,10-11H2,1-2H3. The van der Waals surface area contributed by atoms with Gasteiger partial charge in [-0.05, 0) is 18.6 Å². The SMILES string of the molecule is CN(CC1(C)CO1)C(=O)C=Cc1ccccc1. The molecule has 1 unspecified atom stereocenters. The average Bonchev–Trinajstić information content (AvgIpc) is 3.05. The number of hydrogen-bond donors (Lipinski definition) is 0. The van der Waals surface area contributed by atoms with E-state index < -0.39 is 0 Å². The van der Waals surface area contributed by atoms with Crippen LogP contribution in [0.2, 0.25) is 0 Å². The molecule has 1 aliphatic rings. The van der Waals surface area contributed by atoms with Crippen LogP contribution in [0.25, 0.3) is 6.08 Å². The number of epoxide rings is 1. The van der Waals surface area contributed by atoms with Crippen molar-refractivity contribution in [3.8, 4) is 0 Å². The monoisotopic (exact) mass is 231 g/mol. The molecule has 0 saturated carbocycles. The van der Waals surface area contributed by atoms with Crippen LogP contribution in [0.1, 0.15) is 12.5 Å². The molecule has 2 rings (SSSR count). The smallest absolute Gasteiger partial charge is 0.246 e. The maximum absolute atomic E-state index is 11.8. The molecular formula is C14H17NO2. The number of nitrogens with zero attached hydrogens (tertiary/aromatic N) is 1. The van der Waals surface area contributed by atoms with Crippen molar-refractivity contribution >= 4 is 12.0 Å². The fraction of sp³-hybridized carbons (Fsp3) is 0.357. The van der Waals surface area contributed by atoms with Gasteiger partial charge in [-0.15, -0.1) is 0 Å². The molecule has 0 spiro atoms. The number of hydrogen-bond acceptors (Lipinski definition) is 2. The molecule has 1 heterocycles. The zero-order valence-electron chi connectivity index (χ0n) is 10.2. The second kappa shape index (κ2) is 4.72. The summed E-state index contributed by atoms with van der Waals surface area (Å²) in [6, 6.07) is 9.79. The Morgan fingerprint density at radius 1 is 1.47 bits per heavy atom. The largest absolute Gasteiger partial charge is 0.368 e. The van der Waals surface area contributed by atoms with Crippen LogP contribution < -0.4 is 0 Å². The Balaban J connectivity index is 1.90. The van der Waals surface area contributed by atoms with Gasteiger partial charge in [-0.2, -0.15) is 0 Å². The lowest BCUT2D eigenvalue weighted by Crippen LogP contribution is -2.33. The highest BCUT2D eigenvalue weighted by Gasteiger charge is 2.40. The summed E-state index contributed by atoms with van der Waals surface area (Å²) in [5, 5.41) is 0. The number of ether oxygens (including phenoxy) is 1. The zero-order chi connectivity index (χ0) is 12.3. The van der Waals surface area contributed by atoms with Crippen molar-refractivity contribution in [1.82, 2.24) is 4.90 Å². The van der Waals surface area contributed by atoms with E-state index in [0.29, 0.717) is 6.54 Å². The van der Waals surface area contributed by atoms with Gasteiger partial charge in [0.2, 0.25) is 5.91 Å². The Morgan fingerprint density at radius 3 is 2.71 bits per heavy atom. The lowest BCUT2D eigenvalue weighted by molar-refractivity contribution is -0.125. The molecule has 0 N–H and O–H groups in total. The van der Waals surface area contributed by atoms with Gasteiger partial charge in [0.1, 0.15) is 5.60 Å². The Kier molecular flexibility index (Phi) is 3.29. The Labute approximate surface area is 102 Å². The van der Waals surface area contributed by atoms with Crippen molar-refractivity contribution in [1.29, 1.82) is 0 Å². The predicted molar refractivity (Wildman–Crippen MR) is 67.5 cm³/mol. The highest BCUT2D eigenvalue weighted by Crippen LogP contribution is 2.26. The van der Waals surface area contributed by atoms with Crippen molar-refractivity contribution < 1.29 is 9.53 Å². The molecule has 3 nitrogen and oxygen atoms in total. The quantitative estimate of drug-likeness (QED) is 0.586. The second-order valence-corrected chi connectivity index (χ2v) is 4.68. The van der Waals surface area contributed by atoms with E-state index in [1.165, 1.54) is 0 Å². The molecule has 0 aliphatic carbocycles. The first-order valence-electron chi connectivity index (χ1n) is 5.71. The summed E-state index contributed by atoms with van der Waals surface area (Å²) < 4.78 is 5.26. The average molecular weight is 231 g/mol. The molecule has 90 valence electrons. The van der Waals surface area contributed by atoms with Gasteiger partial charge in [-0.1, -0.05) is 30.3 Å². The first kappa shape index (κ1) is 11.9. The summed E-state index contributed by atoms with van der Waals surface area (Å²) in [6.07, 6.45) is 3.43. The number of likely N-dealkylation sites (N-methyl/N-ethyl adjacent to an activating group) is 1. The van der Waals surface area contributed by atoms with Crippen molar-refractivity contribution in [2.24, 2.45) is 0 Å². The molecule has 0 bridgehead atoms. The van der Waals surface area contributed by atoms with E-state index >= 15 is 0 Å². The molecule has 0 radical (unpaired) electrons. The van der Waals surface area contributed by atoms with Crippen molar-refractivity contribution in [3.05, 3.63) is 42.0 Å². The van der Waals surface area contributed by atoms with Gasteiger partial charge in [0, 0.05) is 13.1 Å². The van der Waals surface area contributed by atoms with Gasteiger partial charge in [0.25, 0.3) is 0 Å². The van der Waals surface area contributed by atoms with Crippen LogP contribution in [0.5, 0.6) is 0 Å². The summed E-state index contributed by atoms with van der Waals surface area (Å²) in [4.78, 5) is 13.5. The topological polar surface area (TPSA) is 32.8 Å². The van der Waals surface area contributed by atoms with Crippen LogP contribution in [-0.2, 0) is 9.53 Å². The summed E-state index contributed by atoms with van der Waals surface area (Å²) in [5.74, 6) is 0.00516. The minimum absolute atomic E-state index is 0.00516. The molecule has 17 heavy (non-hydrogen) atoms. The van der Waals surface area contributed by atoms with E-state index in [-0.39, 0.29) is 11.5 Å². The minimum atomic E-state index is -0.120. The molecule has 0 aromatic heterocycles. The van der Waals surface area contributed by atoms with Gasteiger partial charge in [-0.3, -0.25) is 4.79 Å². The van der Waals surface area contributed by atoms with E-state index in [1.807, 2.05) is 43.3 Å². The number of benzene rings is 1. The van der Waals surface area contributed by atoms with Crippen LogP contribution in [0.4, 0.5) is 0 Å². The fourth-order valence-electron chi connectivity index (χ4n) is 1.65. The van der Waals surface area contributed by atoms with Crippen molar-refractivity contribution in [2.45, 2.75) is 12.5 Å². The second-order valence-electron chi connectivity index (χ2n) is 4.68. The van der Waals surface area contributed by atoms with Crippen LogP contribution >= 0.6 is 0 Å². The molecule has 3 heteroatoms. The molecule has 1 aromatic carbocycles. The summed E-state index contributed by atoms with van der Waals surface area (Å²) in [6.45, 7) is 3.40. The number of carbonyl (C=O) groups excluding carboxylic acids is 1. The number of rotatable bonds is 4. The lowest BCUT2D eigenvalue weighted by atomic mass is 10.2. The Hall–Kier alpha value is -1.61. The van der Waals surface area contributed by atoms with E-state index in [0.717, 1.165) is 12.2 Å². The summed E-state index contributed by atoms with van der Waals surface area (Å²) >= 11 is 0. The molecule has 1 atom stereocenters. The number of carbonyl (C=O) groups is 1. The Bertz CT molecular complexity index is 421. The predicted octanol–water partition coefficient (Wildman–Crippen LogP) is 1.95. The van der Waals surface area contributed by atoms with E-state index in [2.05, 4.69) is 0 Å².